The smallest absolute Gasteiger partial charge is 0.200 e. The second kappa shape index (κ2) is 5.65. The van der Waals surface area contributed by atoms with Crippen LogP contribution in [0, 0.1) is 29.1 Å². The van der Waals surface area contributed by atoms with E-state index in [0.29, 0.717) is 6.42 Å². The third kappa shape index (κ3) is 2.08. The molecule has 27 heavy (non-hydrogen) atoms. The minimum Gasteiger partial charge on any atom is -0.203 e. The summed E-state index contributed by atoms with van der Waals surface area (Å²) >= 11 is 0. The molecule has 0 amide bonds. The normalized spacial score (nSPS) is 22.5. The molecule has 2 bridgehead atoms. The summed E-state index contributed by atoms with van der Waals surface area (Å²) in [5.74, 6) is -10.7. The zero-order chi connectivity index (χ0) is 18.9. The molecule has 5 heteroatoms. The van der Waals surface area contributed by atoms with Gasteiger partial charge in [-0.1, -0.05) is 48.5 Å². The molecule has 1 unspecified atom stereocenters. The Labute approximate surface area is 152 Å². The second-order valence-corrected chi connectivity index (χ2v) is 7.11. The molecule has 0 fully saturated rings. The van der Waals surface area contributed by atoms with Crippen LogP contribution < -0.4 is 0 Å². The van der Waals surface area contributed by atoms with Crippen LogP contribution >= 0.6 is 0 Å². The third-order valence-electron chi connectivity index (χ3n) is 5.92. The first kappa shape index (κ1) is 16.5. The fraction of sp³-hybridized carbons (Fsp3) is 0.182. The number of hydrogen-bond acceptors (Lipinski definition) is 0. The van der Waals surface area contributed by atoms with Gasteiger partial charge in [0.05, 0.1) is 0 Å². The molecule has 3 aliphatic carbocycles. The monoisotopic (exact) mass is 372 g/mol. The Balaban J connectivity index is 1.79. The second-order valence-electron chi connectivity index (χ2n) is 7.11. The summed E-state index contributed by atoms with van der Waals surface area (Å²) in [5, 5.41) is 0. The van der Waals surface area contributed by atoms with Crippen molar-refractivity contribution in [1.82, 2.24) is 0 Å². The van der Waals surface area contributed by atoms with Crippen LogP contribution in [0.3, 0.4) is 0 Å². The molecule has 3 aromatic carbocycles. The molecule has 0 heterocycles. The van der Waals surface area contributed by atoms with Crippen molar-refractivity contribution in [2.24, 2.45) is 0 Å². The van der Waals surface area contributed by atoms with E-state index < -0.39 is 46.5 Å². The lowest BCUT2D eigenvalue weighted by atomic mass is 9.57. The van der Waals surface area contributed by atoms with Crippen LogP contribution in [0.5, 0.6) is 0 Å². The van der Waals surface area contributed by atoms with Gasteiger partial charge in [0.2, 0.25) is 5.82 Å². The molecule has 136 valence electrons. The Hall–Kier alpha value is -2.69. The molecule has 0 aromatic heterocycles. The first-order valence-corrected chi connectivity index (χ1v) is 8.69. The molecule has 0 saturated carbocycles. The first-order chi connectivity index (χ1) is 13.0. The van der Waals surface area contributed by atoms with Gasteiger partial charge in [-0.3, -0.25) is 0 Å². The van der Waals surface area contributed by atoms with Gasteiger partial charge in [-0.25, -0.2) is 22.0 Å². The van der Waals surface area contributed by atoms with Gasteiger partial charge in [-0.15, -0.1) is 0 Å². The fourth-order valence-corrected chi connectivity index (χ4v) is 4.87. The summed E-state index contributed by atoms with van der Waals surface area (Å²) < 4.78 is 70.2. The number of hydrogen-bond donors (Lipinski definition) is 0. The van der Waals surface area contributed by atoms with Gasteiger partial charge < -0.3 is 0 Å². The highest BCUT2D eigenvalue weighted by molar-refractivity contribution is 5.58. The van der Waals surface area contributed by atoms with Gasteiger partial charge in [0, 0.05) is 23.3 Å². The Bertz CT molecular complexity index is 1010. The average Bonchev–Trinajstić information content (AvgIpc) is 2.71. The van der Waals surface area contributed by atoms with Crippen molar-refractivity contribution in [2.45, 2.75) is 24.2 Å². The molecule has 3 aliphatic rings. The lowest BCUT2D eigenvalue weighted by molar-refractivity contribution is 0.346. The lowest BCUT2D eigenvalue weighted by Crippen LogP contribution is -2.32. The van der Waals surface area contributed by atoms with Gasteiger partial charge in [0.15, 0.2) is 23.3 Å². The maximum atomic E-state index is 14.5. The molecular formula is C22H13F5. The van der Waals surface area contributed by atoms with E-state index in [-0.39, 0.29) is 5.92 Å². The fourth-order valence-electron chi connectivity index (χ4n) is 4.87. The summed E-state index contributed by atoms with van der Waals surface area (Å²) in [6, 6.07) is 15.2. The van der Waals surface area contributed by atoms with Crippen LogP contribution in [-0.4, -0.2) is 0 Å². The SMILES string of the molecule is Fc1c(F)c(F)c(C2CC3c4ccccc4C2c2ccccc23)c(F)c1F. The van der Waals surface area contributed by atoms with Gasteiger partial charge >= 0.3 is 0 Å². The van der Waals surface area contributed by atoms with E-state index in [9.17, 15) is 22.0 Å². The molecule has 0 spiro atoms. The van der Waals surface area contributed by atoms with E-state index in [1.807, 2.05) is 48.5 Å². The van der Waals surface area contributed by atoms with Crippen molar-refractivity contribution in [3.63, 3.8) is 0 Å². The molecule has 0 radical (unpaired) electrons. The van der Waals surface area contributed by atoms with Crippen molar-refractivity contribution < 1.29 is 22.0 Å². The van der Waals surface area contributed by atoms with Crippen LogP contribution in [0.4, 0.5) is 22.0 Å². The van der Waals surface area contributed by atoms with Crippen LogP contribution in [0.2, 0.25) is 0 Å². The maximum absolute atomic E-state index is 14.5. The van der Waals surface area contributed by atoms with Crippen molar-refractivity contribution >= 4 is 0 Å². The van der Waals surface area contributed by atoms with Crippen molar-refractivity contribution in [3.05, 3.63) is 105 Å². The van der Waals surface area contributed by atoms with Gasteiger partial charge in [-0.2, -0.15) is 0 Å². The molecule has 0 aliphatic heterocycles. The first-order valence-electron chi connectivity index (χ1n) is 8.69. The van der Waals surface area contributed by atoms with Gasteiger partial charge in [-0.05, 0) is 28.7 Å². The molecule has 3 aromatic rings. The largest absolute Gasteiger partial charge is 0.203 e. The quantitative estimate of drug-likeness (QED) is 0.273. The van der Waals surface area contributed by atoms with E-state index in [0.717, 1.165) is 22.3 Å². The highest BCUT2D eigenvalue weighted by Gasteiger charge is 2.46. The van der Waals surface area contributed by atoms with E-state index in [4.69, 9.17) is 0 Å². The zero-order valence-corrected chi connectivity index (χ0v) is 13.9. The minimum absolute atomic E-state index is 0.137. The number of rotatable bonds is 1. The minimum atomic E-state index is -2.12. The Morgan fingerprint density at radius 3 is 1.44 bits per heavy atom. The maximum Gasteiger partial charge on any atom is 0.200 e. The van der Waals surface area contributed by atoms with Gasteiger partial charge in [0.1, 0.15) is 0 Å². The van der Waals surface area contributed by atoms with Crippen molar-refractivity contribution in [2.75, 3.05) is 0 Å². The zero-order valence-electron chi connectivity index (χ0n) is 13.9. The summed E-state index contributed by atoms with van der Waals surface area (Å²) in [6.07, 6.45) is 0.303. The van der Waals surface area contributed by atoms with Crippen LogP contribution in [-0.2, 0) is 0 Å². The van der Waals surface area contributed by atoms with Crippen LogP contribution in [0.15, 0.2) is 48.5 Å². The molecule has 0 nitrogen and oxygen atoms in total. The number of benzene rings is 3. The van der Waals surface area contributed by atoms with E-state index in [1.165, 1.54) is 0 Å². The third-order valence-corrected chi connectivity index (χ3v) is 5.92. The summed E-state index contributed by atoms with van der Waals surface area (Å²) in [6.45, 7) is 0. The van der Waals surface area contributed by atoms with E-state index in [1.54, 1.807) is 0 Å². The van der Waals surface area contributed by atoms with E-state index in [2.05, 4.69) is 0 Å². The topological polar surface area (TPSA) is 0 Å². The molecule has 0 N–H and O–H groups in total. The van der Waals surface area contributed by atoms with Crippen LogP contribution in [0.25, 0.3) is 0 Å². The Morgan fingerprint density at radius 1 is 0.556 bits per heavy atom. The summed E-state index contributed by atoms with van der Waals surface area (Å²) in [4.78, 5) is 0. The van der Waals surface area contributed by atoms with E-state index >= 15 is 0 Å². The van der Waals surface area contributed by atoms with Crippen molar-refractivity contribution in [1.29, 1.82) is 0 Å². The van der Waals surface area contributed by atoms with Crippen molar-refractivity contribution in [3.8, 4) is 0 Å². The van der Waals surface area contributed by atoms with Gasteiger partial charge in [0.25, 0.3) is 0 Å². The summed E-state index contributed by atoms with van der Waals surface area (Å²) in [7, 11) is 0. The Kier molecular flexibility index (Phi) is 3.45. The average molecular weight is 372 g/mol. The van der Waals surface area contributed by atoms with Crippen LogP contribution in [0.1, 0.15) is 52.0 Å². The predicted molar refractivity (Wildman–Crippen MR) is 90.2 cm³/mol. The highest BCUT2D eigenvalue weighted by Crippen LogP contribution is 2.59. The lowest BCUT2D eigenvalue weighted by Gasteiger charge is -2.45. The highest BCUT2D eigenvalue weighted by atomic mass is 19.2. The predicted octanol–water partition coefficient (Wildman–Crippen LogP) is 6.15. The molecule has 0 saturated heterocycles. The molecule has 1 atom stereocenters. The summed E-state index contributed by atoms with van der Waals surface area (Å²) in [5.41, 5.74) is 3.19. The number of halogens is 5. The molecular weight excluding hydrogens is 359 g/mol. The standard InChI is InChI=1S/C22H13F5/c23-18-17(19(24)21(26)22(27)20(18)25)15-9-14-10-5-1-3-7-12(10)16(15)13-8-4-2-6-11(13)14/h1-8,14-16H,9H2. The Morgan fingerprint density at radius 2 is 0.963 bits per heavy atom. The molecule has 6 rings (SSSR count). The number of fused-ring (bicyclic) bond motifs is 1.